The Morgan fingerprint density at radius 3 is 2.38 bits per heavy atom. The lowest BCUT2D eigenvalue weighted by Crippen LogP contribution is -2.26. The van der Waals surface area contributed by atoms with Gasteiger partial charge in [-0.3, -0.25) is 4.98 Å². The predicted molar refractivity (Wildman–Crippen MR) is 93.0 cm³/mol. The highest BCUT2D eigenvalue weighted by molar-refractivity contribution is 5.24. The molecule has 2 fully saturated rings. The van der Waals surface area contributed by atoms with Gasteiger partial charge in [0.1, 0.15) is 23.1 Å². The highest BCUT2D eigenvalue weighted by Crippen LogP contribution is 2.39. The molecule has 1 saturated carbocycles. The first-order valence-electron chi connectivity index (χ1n) is 9.04. The van der Waals surface area contributed by atoms with E-state index in [1.165, 1.54) is 18.3 Å². The number of pyridine rings is 1. The molecule has 0 bridgehead atoms. The number of rotatable bonds is 5. The molecule has 6 heteroatoms. The van der Waals surface area contributed by atoms with Gasteiger partial charge >= 0.3 is 0 Å². The molecule has 1 aliphatic heterocycles. The number of hydrogen-bond acceptors (Lipinski definition) is 4. The molecule has 2 heterocycles. The van der Waals surface area contributed by atoms with Crippen LogP contribution in [0.4, 0.5) is 8.78 Å². The second-order valence-corrected chi connectivity index (χ2v) is 7.35. The van der Waals surface area contributed by atoms with Crippen molar-refractivity contribution in [1.29, 1.82) is 0 Å². The largest absolute Gasteiger partial charge is 0.506 e. The Balaban J connectivity index is 1.26. The fourth-order valence-electron chi connectivity index (χ4n) is 4.25. The highest BCUT2D eigenvalue weighted by Gasteiger charge is 2.41. The van der Waals surface area contributed by atoms with Crippen LogP contribution >= 0.6 is 0 Å². The first-order valence-corrected chi connectivity index (χ1v) is 9.04. The normalized spacial score (nSPS) is 25.4. The van der Waals surface area contributed by atoms with Gasteiger partial charge in [-0.1, -0.05) is 0 Å². The van der Waals surface area contributed by atoms with E-state index in [2.05, 4.69) is 9.88 Å². The fraction of sp³-hybridized carbons (Fsp3) is 0.450. The maximum Gasteiger partial charge on any atom is 0.133 e. The average Bonchev–Trinajstić information content (AvgIpc) is 3.11. The van der Waals surface area contributed by atoms with Gasteiger partial charge < -0.3 is 14.7 Å². The van der Waals surface area contributed by atoms with Crippen molar-refractivity contribution in [1.82, 2.24) is 9.88 Å². The minimum absolute atomic E-state index is 0.0344. The summed E-state index contributed by atoms with van der Waals surface area (Å²) in [5.74, 6) is 0.410. The second-order valence-electron chi connectivity index (χ2n) is 7.35. The van der Waals surface area contributed by atoms with Gasteiger partial charge in [0.05, 0.1) is 12.3 Å². The van der Waals surface area contributed by atoms with Crippen LogP contribution in [-0.4, -0.2) is 40.7 Å². The molecule has 1 aliphatic carbocycles. The van der Waals surface area contributed by atoms with Crippen LogP contribution in [0.15, 0.2) is 36.5 Å². The zero-order chi connectivity index (χ0) is 18.1. The van der Waals surface area contributed by atoms with Crippen LogP contribution in [0, 0.1) is 23.5 Å². The summed E-state index contributed by atoms with van der Waals surface area (Å²) < 4.78 is 32.4. The summed E-state index contributed by atoms with van der Waals surface area (Å²) in [5, 5.41) is 9.28. The molecular formula is C20H22F2N2O2. The molecule has 2 aromatic rings. The number of benzene rings is 1. The lowest BCUT2D eigenvalue weighted by atomic mass is 10.0. The van der Waals surface area contributed by atoms with Gasteiger partial charge in [-0.25, -0.2) is 8.78 Å². The third kappa shape index (κ3) is 3.96. The number of nitrogens with zero attached hydrogens (tertiary/aromatic N) is 2. The number of ether oxygens (including phenoxy) is 1. The number of hydrogen-bond donors (Lipinski definition) is 1. The van der Waals surface area contributed by atoms with Crippen LogP contribution in [0.25, 0.3) is 0 Å². The molecule has 2 aliphatic rings. The molecule has 4 nitrogen and oxygen atoms in total. The van der Waals surface area contributed by atoms with Gasteiger partial charge in [0, 0.05) is 49.9 Å². The summed E-state index contributed by atoms with van der Waals surface area (Å²) in [4.78, 5) is 6.67. The highest BCUT2D eigenvalue weighted by atomic mass is 19.1. The Bertz CT molecular complexity index is 735. The van der Waals surface area contributed by atoms with Crippen LogP contribution in [0.3, 0.4) is 0 Å². The van der Waals surface area contributed by atoms with Crippen molar-refractivity contribution < 1.29 is 18.6 Å². The van der Waals surface area contributed by atoms with Crippen LogP contribution in [0.5, 0.6) is 11.5 Å². The fourth-order valence-corrected chi connectivity index (χ4v) is 4.25. The Morgan fingerprint density at radius 2 is 1.77 bits per heavy atom. The van der Waals surface area contributed by atoms with Crippen LogP contribution < -0.4 is 4.74 Å². The molecule has 0 amide bonds. The molecule has 1 N–H and O–H groups in total. The van der Waals surface area contributed by atoms with E-state index in [-0.39, 0.29) is 17.6 Å². The molecule has 1 aromatic heterocycles. The van der Waals surface area contributed by atoms with Gasteiger partial charge in [-0.2, -0.15) is 0 Å². The molecule has 3 atom stereocenters. The molecule has 26 heavy (non-hydrogen) atoms. The second kappa shape index (κ2) is 7.19. The van der Waals surface area contributed by atoms with Crippen molar-refractivity contribution in [2.45, 2.75) is 25.4 Å². The Kier molecular flexibility index (Phi) is 4.76. The first kappa shape index (κ1) is 17.2. The Labute approximate surface area is 151 Å². The molecule has 1 aromatic carbocycles. The third-order valence-corrected chi connectivity index (χ3v) is 5.42. The molecule has 0 radical (unpaired) electrons. The lowest BCUT2D eigenvalue weighted by Gasteiger charge is -2.19. The third-order valence-electron chi connectivity index (χ3n) is 5.42. The minimum Gasteiger partial charge on any atom is -0.506 e. The van der Waals surface area contributed by atoms with Crippen LogP contribution in [-0.2, 0) is 6.42 Å². The quantitative estimate of drug-likeness (QED) is 0.888. The average molecular weight is 360 g/mol. The molecule has 0 unspecified atom stereocenters. The van der Waals surface area contributed by atoms with Crippen molar-refractivity contribution in [2.75, 3.05) is 19.6 Å². The van der Waals surface area contributed by atoms with Crippen molar-refractivity contribution in [3.05, 3.63) is 53.9 Å². The van der Waals surface area contributed by atoms with E-state index < -0.39 is 11.6 Å². The SMILES string of the molecule is Oc1ccc(CCN2C[C@H]3C[C@@H](Oc4cc(F)cc(F)c4)C[C@H]3C2)nc1. The van der Waals surface area contributed by atoms with E-state index in [9.17, 15) is 13.9 Å². The van der Waals surface area contributed by atoms with Gasteiger partial charge in [-0.15, -0.1) is 0 Å². The number of aromatic nitrogens is 1. The minimum atomic E-state index is -0.604. The maximum absolute atomic E-state index is 13.3. The van der Waals surface area contributed by atoms with Crippen molar-refractivity contribution in [3.63, 3.8) is 0 Å². The van der Waals surface area contributed by atoms with E-state index in [1.54, 1.807) is 6.07 Å². The number of aromatic hydroxyl groups is 1. The standard InChI is InChI=1S/C20H22F2N2O2/c21-15-7-16(22)9-20(8-15)26-19-5-13-11-24(12-14(13)6-19)4-3-17-1-2-18(25)10-23-17/h1-2,7-10,13-14,19,25H,3-6,11-12H2/t13-,14+,19-. The molecule has 4 rings (SSSR count). The maximum atomic E-state index is 13.3. The molecular weight excluding hydrogens is 338 g/mol. The first-order chi connectivity index (χ1) is 12.5. The topological polar surface area (TPSA) is 45.6 Å². The van der Waals surface area contributed by atoms with Crippen LogP contribution in [0.2, 0.25) is 0 Å². The van der Waals surface area contributed by atoms with E-state index in [1.807, 2.05) is 6.07 Å². The van der Waals surface area contributed by atoms with Crippen molar-refractivity contribution in [3.8, 4) is 11.5 Å². The Hall–Kier alpha value is -2.21. The van der Waals surface area contributed by atoms with E-state index in [0.29, 0.717) is 11.8 Å². The predicted octanol–water partition coefficient (Wildman–Crippen LogP) is 3.40. The Morgan fingerprint density at radius 1 is 1.08 bits per heavy atom. The van der Waals surface area contributed by atoms with Crippen molar-refractivity contribution >= 4 is 0 Å². The van der Waals surface area contributed by atoms with E-state index >= 15 is 0 Å². The summed E-state index contributed by atoms with van der Waals surface area (Å²) in [6.07, 6.45) is 4.23. The van der Waals surface area contributed by atoms with Gasteiger partial charge in [0.25, 0.3) is 0 Å². The summed E-state index contributed by atoms with van der Waals surface area (Å²) in [7, 11) is 0. The summed E-state index contributed by atoms with van der Waals surface area (Å²) in [6.45, 7) is 3.01. The number of halogens is 2. The smallest absolute Gasteiger partial charge is 0.133 e. The molecule has 0 spiro atoms. The summed E-state index contributed by atoms with van der Waals surface area (Å²) in [5.41, 5.74) is 0.981. The van der Waals surface area contributed by atoms with E-state index in [0.717, 1.165) is 50.7 Å². The van der Waals surface area contributed by atoms with Crippen LogP contribution in [0.1, 0.15) is 18.5 Å². The summed E-state index contributed by atoms with van der Waals surface area (Å²) in [6, 6.07) is 6.87. The zero-order valence-corrected chi connectivity index (χ0v) is 14.4. The monoisotopic (exact) mass is 360 g/mol. The summed E-state index contributed by atoms with van der Waals surface area (Å²) >= 11 is 0. The number of fused-ring (bicyclic) bond motifs is 1. The molecule has 138 valence electrons. The van der Waals surface area contributed by atoms with Gasteiger partial charge in [0.2, 0.25) is 0 Å². The molecule has 1 saturated heterocycles. The lowest BCUT2D eigenvalue weighted by molar-refractivity contribution is 0.184. The number of likely N-dealkylation sites (tertiary alicyclic amines) is 1. The zero-order valence-electron chi connectivity index (χ0n) is 14.4. The van der Waals surface area contributed by atoms with Gasteiger partial charge in [0.15, 0.2) is 0 Å². The van der Waals surface area contributed by atoms with Gasteiger partial charge in [-0.05, 0) is 36.8 Å². The van der Waals surface area contributed by atoms with E-state index in [4.69, 9.17) is 4.74 Å². The van der Waals surface area contributed by atoms with Crippen molar-refractivity contribution in [2.24, 2.45) is 11.8 Å².